The van der Waals surface area contributed by atoms with Gasteiger partial charge in [-0.2, -0.15) is 5.10 Å². The van der Waals surface area contributed by atoms with Gasteiger partial charge in [-0.15, -0.1) is 0 Å². The van der Waals surface area contributed by atoms with Crippen molar-refractivity contribution in [2.24, 2.45) is 11.8 Å². The van der Waals surface area contributed by atoms with Crippen LogP contribution in [0.3, 0.4) is 0 Å². The Labute approximate surface area is 110 Å². The van der Waals surface area contributed by atoms with Crippen molar-refractivity contribution in [3.63, 3.8) is 0 Å². The Hall–Kier alpha value is -1.95. The zero-order valence-electron chi connectivity index (χ0n) is 10.4. The second-order valence-corrected chi connectivity index (χ2v) is 5.20. The van der Waals surface area contributed by atoms with Crippen molar-refractivity contribution >= 4 is 11.6 Å². The third kappa shape index (κ3) is 1.63. The third-order valence-corrected chi connectivity index (χ3v) is 4.02. The number of likely N-dealkylation sites (tertiary alicyclic amines) is 1. The molecule has 0 radical (unpaired) electrons. The molecule has 0 spiro atoms. The zero-order chi connectivity index (χ0) is 12.8. The van der Waals surface area contributed by atoms with Crippen molar-refractivity contribution in [3.8, 4) is 0 Å². The van der Waals surface area contributed by atoms with Crippen LogP contribution in [0.5, 0.6) is 0 Å². The average molecular weight is 258 g/mol. The first-order valence-electron chi connectivity index (χ1n) is 6.49. The highest BCUT2D eigenvalue weighted by atomic mass is 16.5. The molecule has 1 amide bonds. The molecule has 0 unspecified atom stereocenters. The van der Waals surface area contributed by atoms with Crippen LogP contribution in [0, 0.1) is 11.8 Å². The molecule has 98 valence electrons. The normalized spacial score (nSPS) is 26.0. The lowest BCUT2D eigenvalue weighted by Gasteiger charge is -2.16. The van der Waals surface area contributed by atoms with Gasteiger partial charge in [0.2, 0.25) is 0 Å². The summed E-state index contributed by atoms with van der Waals surface area (Å²) in [4.78, 5) is 18.6. The molecule has 0 saturated carbocycles. The van der Waals surface area contributed by atoms with Crippen molar-refractivity contribution in [3.05, 3.63) is 30.2 Å². The number of fused-ring (bicyclic) bond motifs is 2. The summed E-state index contributed by atoms with van der Waals surface area (Å²) in [6.45, 7) is 3.12. The zero-order valence-corrected chi connectivity index (χ0v) is 10.4. The highest BCUT2D eigenvalue weighted by molar-refractivity contribution is 5.93. The van der Waals surface area contributed by atoms with Gasteiger partial charge < -0.3 is 9.64 Å². The number of hydrogen-bond donors (Lipinski definition) is 0. The van der Waals surface area contributed by atoms with E-state index in [9.17, 15) is 4.79 Å². The number of carbonyl (C=O) groups excluding carboxylic acids is 1. The molecule has 4 heterocycles. The van der Waals surface area contributed by atoms with Crippen LogP contribution in [0.2, 0.25) is 0 Å². The lowest BCUT2D eigenvalue weighted by Crippen LogP contribution is -2.31. The molecule has 4 rings (SSSR count). The van der Waals surface area contributed by atoms with E-state index in [1.807, 2.05) is 17.0 Å². The van der Waals surface area contributed by atoms with Crippen molar-refractivity contribution in [2.75, 3.05) is 26.3 Å². The fraction of sp³-hybridized carbons (Fsp3) is 0.462. The highest BCUT2D eigenvalue weighted by Gasteiger charge is 2.39. The molecule has 19 heavy (non-hydrogen) atoms. The van der Waals surface area contributed by atoms with Crippen molar-refractivity contribution in [2.45, 2.75) is 0 Å². The summed E-state index contributed by atoms with van der Waals surface area (Å²) in [5.74, 6) is 1.01. The number of imidazole rings is 1. The molecule has 2 aliphatic rings. The van der Waals surface area contributed by atoms with Gasteiger partial charge in [-0.25, -0.2) is 9.50 Å². The smallest absolute Gasteiger partial charge is 0.274 e. The van der Waals surface area contributed by atoms with Gasteiger partial charge in [-0.05, 0) is 12.1 Å². The Balaban J connectivity index is 1.64. The first kappa shape index (κ1) is 10.9. The van der Waals surface area contributed by atoms with Crippen LogP contribution in [0.25, 0.3) is 5.65 Å². The second-order valence-electron chi connectivity index (χ2n) is 5.20. The largest absolute Gasteiger partial charge is 0.381 e. The van der Waals surface area contributed by atoms with Crippen LogP contribution in [0.1, 0.15) is 10.5 Å². The molecule has 2 fully saturated rings. The van der Waals surface area contributed by atoms with Crippen molar-refractivity contribution in [1.29, 1.82) is 0 Å². The summed E-state index contributed by atoms with van der Waals surface area (Å²) >= 11 is 0. The van der Waals surface area contributed by atoms with Gasteiger partial charge in [0.15, 0.2) is 11.3 Å². The van der Waals surface area contributed by atoms with E-state index in [0.717, 1.165) is 26.3 Å². The lowest BCUT2D eigenvalue weighted by molar-refractivity contribution is 0.0743. The molecule has 0 aromatic carbocycles. The molecule has 0 N–H and O–H groups in total. The summed E-state index contributed by atoms with van der Waals surface area (Å²) in [6.07, 6.45) is 3.27. The quantitative estimate of drug-likeness (QED) is 0.745. The van der Waals surface area contributed by atoms with Crippen LogP contribution < -0.4 is 0 Å². The predicted molar refractivity (Wildman–Crippen MR) is 66.7 cm³/mol. The number of rotatable bonds is 1. The molecule has 6 heteroatoms. The number of ether oxygens (including phenoxy) is 1. The third-order valence-electron chi connectivity index (χ3n) is 4.02. The summed E-state index contributed by atoms with van der Waals surface area (Å²) in [5.41, 5.74) is 1.24. The van der Waals surface area contributed by atoms with Crippen LogP contribution in [-0.2, 0) is 4.74 Å². The molecular formula is C13H14N4O2. The summed E-state index contributed by atoms with van der Waals surface area (Å²) in [6, 6.07) is 3.66. The van der Waals surface area contributed by atoms with E-state index in [1.54, 1.807) is 16.9 Å². The average Bonchev–Trinajstić information content (AvgIpc) is 3.11. The topological polar surface area (TPSA) is 59.7 Å². The van der Waals surface area contributed by atoms with E-state index in [2.05, 4.69) is 10.1 Å². The van der Waals surface area contributed by atoms with Gasteiger partial charge in [-0.3, -0.25) is 4.79 Å². The number of hydrogen-bond acceptors (Lipinski definition) is 4. The SMILES string of the molecule is O=C(c1cnc2cccnn12)N1C[C@H]2COC[C@H]2C1. The number of aromatic nitrogens is 3. The molecule has 2 saturated heterocycles. The maximum atomic E-state index is 12.5. The number of carbonyl (C=O) groups is 1. The molecule has 2 aromatic heterocycles. The van der Waals surface area contributed by atoms with Gasteiger partial charge in [0.05, 0.1) is 19.4 Å². The highest BCUT2D eigenvalue weighted by Crippen LogP contribution is 2.29. The van der Waals surface area contributed by atoms with Gasteiger partial charge in [-0.1, -0.05) is 0 Å². The molecule has 2 aromatic rings. The number of amides is 1. The van der Waals surface area contributed by atoms with Crippen molar-refractivity contribution in [1.82, 2.24) is 19.5 Å². The molecule has 0 bridgehead atoms. The van der Waals surface area contributed by atoms with E-state index >= 15 is 0 Å². The van der Waals surface area contributed by atoms with E-state index < -0.39 is 0 Å². The summed E-state index contributed by atoms with van der Waals surface area (Å²) in [7, 11) is 0. The molecular weight excluding hydrogens is 244 g/mol. The Bertz CT molecular complexity index is 626. The molecule has 2 atom stereocenters. The lowest BCUT2D eigenvalue weighted by atomic mass is 10.0. The molecule has 0 aliphatic carbocycles. The molecule has 6 nitrogen and oxygen atoms in total. The Kier molecular flexibility index (Phi) is 2.32. The minimum Gasteiger partial charge on any atom is -0.381 e. The van der Waals surface area contributed by atoms with E-state index in [0.29, 0.717) is 23.2 Å². The summed E-state index contributed by atoms with van der Waals surface area (Å²) in [5, 5.41) is 4.19. The Morgan fingerprint density at radius 3 is 2.89 bits per heavy atom. The van der Waals surface area contributed by atoms with Gasteiger partial charge in [0, 0.05) is 31.1 Å². The van der Waals surface area contributed by atoms with E-state index in [4.69, 9.17) is 4.74 Å². The Morgan fingerprint density at radius 2 is 2.11 bits per heavy atom. The van der Waals surface area contributed by atoms with E-state index in [1.165, 1.54) is 0 Å². The minimum absolute atomic E-state index is 0.0144. The van der Waals surface area contributed by atoms with Crippen molar-refractivity contribution < 1.29 is 9.53 Å². The monoisotopic (exact) mass is 258 g/mol. The van der Waals surface area contributed by atoms with Crippen LogP contribution in [0.4, 0.5) is 0 Å². The van der Waals surface area contributed by atoms with Gasteiger partial charge in [0.1, 0.15) is 0 Å². The van der Waals surface area contributed by atoms with Crippen LogP contribution in [0.15, 0.2) is 24.5 Å². The maximum absolute atomic E-state index is 12.5. The fourth-order valence-corrected chi connectivity index (χ4v) is 2.99. The second kappa shape index (κ2) is 4.03. The predicted octanol–water partition coefficient (Wildman–Crippen LogP) is 0.448. The van der Waals surface area contributed by atoms with Gasteiger partial charge in [0.25, 0.3) is 5.91 Å². The van der Waals surface area contributed by atoms with E-state index in [-0.39, 0.29) is 5.91 Å². The maximum Gasteiger partial charge on any atom is 0.274 e. The summed E-state index contributed by atoms with van der Waals surface area (Å²) < 4.78 is 7.04. The van der Waals surface area contributed by atoms with Gasteiger partial charge >= 0.3 is 0 Å². The first-order chi connectivity index (χ1) is 9.33. The van der Waals surface area contributed by atoms with Crippen LogP contribution >= 0.6 is 0 Å². The molecule has 2 aliphatic heterocycles. The number of nitrogens with zero attached hydrogens (tertiary/aromatic N) is 4. The van der Waals surface area contributed by atoms with Crippen LogP contribution in [-0.4, -0.2) is 51.7 Å². The minimum atomic E-state index is 0.0144. The standard InChI is InChI=1S/C13H14N4O2/c18-13(16-5-9-7-19-8-10(9)6-16)11-4-14-12-2-1-3-15-17(11)12/h1-4,9-10H,5-8H2/t9-,10+. The fourth-order valence-electron chi connectivity index (χ4n) is 2.99. The Morgan fingerprint density at radius 1 is 1.32 bits per heavy atom. The first-order valence-corrected chi connectivity index (χ1v) is 6.49.